The van der Waals surface area contributed by atoms with Crippen LogP contribution in [0.1, 0.15) is 10.4 Å². The Morgan fingerprint density at radius 1 is 1.53 bits per heavy atom. The number of imidazole rings is 1. The molecular formula is C11H13N5O. The standard InChI is InChI=1S/C11H13N5O/c1-16(2)7-14-15-11(17)8-3-4-9-10(5-8)13-6-12-9/h3-7H,1-2H3,(H,12,13)(H,15,17). The van der Waals surface area contributed by atoms with E-state index in [9.17, 15) is 4.79 Å². The molecule has 1 aromatic heterocycles. The minimum absolute atomic E-state index is 0.250. The number of amides is 1. The number of carbonyl (C=O) groups excluding carboxylic acids is 1. The molecule has 0 spiro atoms. The van der Waals surface area contributed by atoms with E-state index in [1.54, 1.807) is 29.4 Å². The number of H-pyrrole nitrogens is 1. The Morgan fingerprint density at radius 2 is 2.35 bits per heavy atom. The number of aromatic amines is 1. The van der Waals surface area contributed by atoms with E-state index in [2.05, 4.69) is 20.5 Å². The van der Waals surface area contributed by atoms with Crippen molar-refractivity contribution < 1.29 is 4.79 Å². The average Bonchev–Trinajstić information content (AvgIpc) is 2.75. The Morgan fingerprint density at radius 3 is 3.12 bits per heavy atom. The molecule has 2 N–H and O–H groups in total. The summed E-state index contributed by atoms with van der Waals surface area (Å²) in [7, 11) is 3.65. The van der Waals surface area contributed by atoms with Crippen molar-refractivity contribution in [1.82, 2.24) is 20.3 Å². The van der Waals surface area contributed by atoms with Crippen molar-refractivity contribution in [3.63, 3.8) is 0 Å². The van der Waals surface area contributed by atoms with Crippen LogP contribution in [-0.4, -0.2) is 41.2 Å². The number of hydrazone groups is 1. The maximum atomic E-state index is 11.7. The highest BCUT2D eigenvalue weighted by atomic mass is 16.2. The number of rotatable bonds is 3. The minimum atomic E-state index is -0.250. The van der Waals surface area contributed by atoms with Gasteiger partial charge in [-0.15, -0.1) is 0 Å². The van der Waals surface area contributed by atoms with E-state index in [4.69, 9.17) is 0 Å². The highest BCUT2D eigenvalue weighted by Gasteiger charge is 2.05. The Hall–Kier alpha value is -2.37. The average molecular weight is 231 g/mol. The number of benzene rings is 1. The first-order valence-electron chi connectivity index (χ1n) is 5.10. The molecular weight excluding hydrogens is 218 g/mol. The molecule has 0 fully saturated rings. The molecule has 88 valence electrons. The van der Waals surface area contributed by atoms with Crippen LogP contribution in [0.4, 0.5) is 0 Å². The van der Waals surface area contributed by atoms with Gasteiger partial charge in [0, 0.05) is 19.7 Å². The number of nitrogens with zero attached hydrogens (tertiary/aromatic N) is 3. The van der Waals surface area contributed by atoms with Crippen LogP contribution in [0.5, 0.6) is 0 Å². The first kappa shape index (κ1) is 11.1. The summed E-state index contributed by atoms with van der Waals surface area (Å²) in [5, 5.41) is 3.79. The van der Waals surface area contributed by atoms with Crippen LogP contribution in [0.25, 0.3) is 11.0 Å². The van der Waals surface area contributed by atoms with E-state index in [0.717, 1.165) is 11.0 Å². The highest BCUT2D eigenvalue weighted by molar-refractivity contribution is 5.97. The second-order valence-electron chi connectivity index (χ2n) is 3.78. The fourth-order valence-corrected chi connectivity index (χ4v) is 1.34. The lowest BCUT2D eigenvalue weighted by Gasteiger charge is -2.03. The molecule has 0 aliphatic heterocycles. The molecule has 0 saturated heterocycles. The molecule has 0 aliphatic carbocycles. The zero-order chi connectivity index (χ0) is 12.3. The maximum Gasteiger partial charge on any atom is 0.271 e. The molecule has 1 amide bonds. The minimum Gasteiger partial charge on any atom is -0.367 e. The largest absolute Gasteiger partial charge is 0.367 e. The maximum absolute atomic E-state index is 11.7. The van der Waals surface area contributed by atoms with Crippen LogP contribution < -0.4 is 5.43 Å². The Kier molecular flexibility index (Phi) is 3.04. The Balaban J connectivity index is 2.13. The summed E-state index contributed by atoms with van der Waals surface area (Å²) in [5.74, 6) is -0.250. The highest BCUT2D eigenvalue weighted by Crippen LogP contribution is 2.11. The van der Waals surface area contributed by atoms with Crippen molar-refractivity contribution in [2.45, 2.75) is 0 Å². The summed E-state index contributed by atoms with van der Waals surface area (Å²) in [4.78, 5) is 20.5. The van der Waals surface area contributed by atoms with Gasteiger partial charge >= 0.3 is 0 Å². The van der Waals surface area contributed by atoms with Crippen molar-refractivity contribution in [1.29, 1.82) is 0 Å². The summed E-state index contributed by atoms with van der Waals surface area (Å²) >= 11 is 0. The quantitative estimate of drug-likeness (QED) is 0.466. The fraction of sp³-hybridized carbons (Fsp3) is 0.182. The molecule has 2 aromatic rings. The van der Waals surface area contributed by atoms with Crippen LogP contribution in [0.2, 0.25) is 0 Å². The van der Waals surface area contributed by atoms with E-state index < -0.39 is 0 Å². The zero-order valence-corrected chi connectivity index (χ0v) is 9.64. The van der Waals surface area contributed by atoms with Crippen molar-refractivity contribution >= 4 is 23.3 Å². The Labute approximate surface area is 98.3 Å². The van der Waals surface area contributed by atoms with Crippen LogP contribution in [-0.2, 0) is 0 Å². The lowest BCUT2D eigenvalue weighted by molar-refractivity contribution is 0.0955. The molecule has 1 heterocycles. The number of aromatic nitrogens is 2. The first-order chi connectivity index (χ1) is 8.16. The molecule has 6 nitrogen and oxygen atoms in total. The molecule has 0 aliphatic rings. The predicted molar refractivity (Wildman–Crippen MR) is 65.7 cm³/mol. The number of nitrogens with one attached hydrogen (secondary N) is 2. The van der Waals surface area contributed by atoms with Crippen LogP contribution in [0.3, 0.4) is 0 Å². The van der Waals surface area contributed by atoms with Gasteiger partial charge in [-0.2, -0.15) is 5.10 Å². The van der Waals surface area contributed by atoms with Crippen LogP contribution >= 0.6 is 0 Å². The lowest BCUT2D eigenvalue weighted by Crippen LogP contribution is -2.20. The van der Waals surface area contributed by atoms with Crippen LogP contribution in [0, 0.1) is 0 Å². The fourth-order valence-electron chi connectivity index (χ4n) is 1.34. The van der Waals surface area contributed by atoms with Crippen molar-refractivity contribution in [2.24, 2.45) is 5.10 Å². The summed E-state index contributed by atoms with van der Waals surface area (Å²) in [6.45, 7) is 0. The first-order valence-corrected chi connectivity index (χ1v) is 5.10. The normalized spacial score (nSPS) is 10.9. The summed E-state index contributed by atoms with van der Waals surface area (Å²) in [6, 6.07) is 5.24. The monoisotopic (exact) mass is 231 g/mol. The SMILES string of the molecule is CN(C)C=NNC(=O)c1ccc2nc[nH]c2c1. The van der Waals surface area contributed by atoms with Gasteiger partial charge in [-0.05, 0) is 18.2 Å². The van der Waals surface area contributed by atoms with E-state index in [0.29, 0.717) is 5.56 Å². The van der Waals surface area contributed by atoms with Gasteiger partial charge in [0.2, 0.25) is 0 Å². The van der Waals surface area contributed by atoms with Gasteiger partial charge in [0.25, 0.3) is 5.91 Å². The molecule has 0 radical (unpaired) electrons. The number of fused-ring (bicyclic) bond motifs is 1. The zero-order valence-electron chi connectivity index (χ0n) is 9.64. The predicted octanol–water partition coefficient (Wildman–Crippen LogP) is 0.798. The van der Waals surface area contributed by atoms with E-state index in [1.165, 1.54) is 6.34 Å². The van der Waals surface area contributed by atoms with Gasteiger partial charge in [0.05, 0.1) is 17.4 Å². The molecule has 0 unspecified atom stereocenters. The van der Waals surface area contributed by atoms with Gasteiger partial charge in [-0.25, -0.2) is 10.4 Å². The molecule has 17 heavy (non-hydrogen) atoms. The lowest BCUT2D eigenvalue weighted by atomic mass is 10.2. The second-order valence-corrected chi connectivity index (χ2v) is 3.78. The summed E-state index contributed by atoms with van der Waals surface area (Å²) in [5.41, 5.74) is 4.64. The molecule has 2 rings (SSSR count). The van der Waals surface area contributed by atoms with E-state index in [1.807, 2.05) is 14.1 Å². The molecule has 0 bridgehead atoms. The number of hydrogen-bond donors (Lipinski definition) is 2. The van der Waals surface area contributed by atoms with Gasteiger partial charge in [0.15, 0.2) is 0 Å². The van der Waals surface area contributed by atoms with Gasteiger partial charge < -0.3 is 9.88 Å². The van der Waals surface area contributed by atoms with E-state index in [-0.39, 0.29) is 5.91 Å². The van der Waals surface area contributed by atoms with Gasteiger partial charge in [-0.3, -0.25) is 4.79 Å². The molecule has 0 saturated carbocycles. The van der Waals surface area contributed by atoms with Gasteiger partial charge in [-0.1, -0.05) is 0 Å². The molecule has 0 atom stereocenters. The number of hydrogen-bond acceptors (Lipinski definition) is 3. The van der Waals surface area contributed by atoms with Crippen molar-refractivity contribution in [3.8, 4) is 0 Å². The smallest absolute Gasteiger partial charge is 0.271 e. The molecule has 1 aromatic carbocycles. The molecule has 6 heteroatoms. The second kappa shape index (κ2) is 4.65. The topological polar surface area (TPSA) is 73.4 Å². The van der Waals surface area contributed by atoms with E-state index >= 15 is 0 Å². The Bertz CT molecular complexity index is 558. The third-order valence-corrected chi connectivity index (χ3v) is 2.14. The third kappa shape index (κ3) is 2.60. The summed E-state index contributed by atoms with van der Waals surface area (Å²) < 4.78 is 0. The summed E-state index contributed by atoms with van der Waals surface area (Å²) in [6.07, 6.45) is 3.11. The van der Waals surface area contributed by atoms with Crippen molar-refractivity contribution in [3.05, 3.63) is 30.1 Å². The van der Waals surface area contributed by atoms with Crippen molar-refractivity contribution in [2.75, 3.05) is 14.1 Å². The van der Waals surface area contributed by atoms with Crippen LogP contribution in [0.15, 0.2) is 29.6 Å². The van der Waals surface area contributed by atoms with Gasteiger partial charge in [0.1, 0.15) is 6.34 Å². The third-order valence-electron chi connectivity index (χ3n) is 2.14. The number of carbonyl (C=O) groups is 1.